The molecule has 0 unspecified atom stereocenters. The lowest BCUT2D eigenvalue weighted by molar-refractivity contribution is 0.356. The van der Waals surface area contributed by atoms with E-state index < -0.39 is 0 Å². The summed E-state index contributed by atoms with van der Waals surface area (Å²) in [5.41, 5.74) is 3.62. The van der Waals surface area contributed by atoms with Gasteiger partial charge >= 0.3 is 0 Å². The van der Waals surface area contributed by atoms with E-state index in [2.05, 4.69) is 25.5 Å². The van der Waals surface area contributed by atoms with E-state index in [1.165, 1.54) is 6.33 Å². The fourth-order valence-corrected chi connectivity index (χ4v) is 2.84. The molecule has 0 aliphatic heterocycles. The maximum absolute atomic E-state index is 5.39. The summed E-state index contributed by atoms with van der Waals surface area (Å²) in [6.45, 7) is 2.00. The first kappa shape index (κ1) is 17.8. The Morgan fingerprint density at radius 1 is 0.923 bits per heavy atom. The molecule has 0 aliphatic carbocycles. The van der Waals surface area contributed by atoms with Crippen molar-refractivity contribution in [2.45, 2.75) is 6.92 Å². The molecular formula is C18H18ClN5O2. The van der Waals surface area contributed by atoms with Crippen LogP contribution in [0.4, 0.5) is 11.5 Å². The first-order chi connectivity index (χ1) is 12.2. The third kappa shape index (κ3) is 2.97. The second-order valence-electron chi connectivity index (χ2n) is 5.65. The van der Waals surface area contributed by atoms with Crippen molar-refractivity contribution in [1.82, 2.24) is 20.2 Å². The molecule has 134 valence electrons. The van der Waals surface area contributed by atoms with Gasteiger partial charge in [0.25, 0.3) is 0 Å². The predicted octanol–water partition coefficient (Wildman–Crippen LogP) is 4.00. The number of hydrogen-bond acceptors (Lipinski definition) is 6. The number of aryl methyl sites for hydroxylation is 1. The number of nitrogens with one attached hydrogen (secondary N) is 2. The third-order valence-electron chi connectivity index (χ3n) is 4.15. The zero-order chi connectivity index (χ0) is 17.4. The number of methoxy groups -OCH3 is 2. The van der Waals surface area contributed by atoms with Crippen LogP contribution >= 0.6 is 12.4 Å². The molecule has 0 fully saturated rings. The lowest BCUT2D eigenvalue weighted by Gasteiger charge is -2.12. The highest BCUT2D eigenvalue weighted by molar-refractivity contribution is 5.94. The number of halogens is 1. The largest absolute Gasteiger partial charge is 0.493 e. The Morgan fingerprint density at radius 2 is 1.69 bits per heavy atom. The number of anilines is 2. The highest BCUT2D eigenvalue weighted by Gasteiger charge is 2.11. The topological polar surface area (TPSA) is 85.0 Å². The van der Waals surface area contributed by atoms with E-state index in [9.17, 15) is 0 Å². The molecule has 0 amide bonds. The van der Waals surface area contributed by atoms with Crippen LogP contribution in [-0.2, 0) is 0 Å². The van der Waals surface area contributed by atoms with Gasteiger partial charge in [-0.1, -0.05) is 0 Å². The fourth-order valence-electron chi connectivity index (χ4n) is 2.84. The quantitative estimate of drug-likeness (QED) is 0.564. The van der Waals surface area contributed by atoms with Gasteiger partial charge in [-0.25, -0.2) is 9.97 Å². The molecule has 2 N–H and O–H groups in total. The maximum Gasteiger partial charge on any atom is 0.162 e. The van der Waals surface area contributed by atoms with E-state index in [4.69, 9.17) is 9.47 Å². The Bertz CT molecular complexity index is 1080. The molecule has 4 aromatic rings. The van der Waals surface area contributed by atoms with Crippen molar-refractivity contribution in [3.63, 3.8) is 0 Å². The summed E-state index contributed by atoms with van der Waals surface area (Å²) in [4.78, 5) is 8.69. The van der Waals surface area contributed by atoms with Gasteiger partial charge in [0, 0.05) is 28.2 Å². The van der Waals surface area contributed by atoms with Crippen molar-refractivity contribution in [2.75, 3.05) is 19.5 Å². The van der Waals surface area contributed by atoms with Crippen LogP contribution in [0.5, 0.6) is 11.5 Å². The first-order valence-electron chi connectivity index (χ1n) is 7.78. The molecule has 0 saturated carbocycles. The monoisotopic (exact) mass is 371 g/mol. The van der Waals surface area contributed by atoms with Gasteiger partial charge in [-0.05, 0) is 31.2 Å². The molecule has 2 aromatic carbocycles. The van der Waals surface area contributed by atoms with Crippen molar-refractivity contribution in [3.05, 3.63) is 42.4 Å². The van der Waals surface area contributed by atoms with Gasteiger partial charge in [-0.3, -0.25) is 5.10 Å². The molecule has 0 bridgehead atoms. The van der Waals surface area contributed by atoms with Crippen molar-refractivity contribution < 1.29 is 9.47 Å². The van der Waals surface area contributed by atoms with Gasteiger partial charge in [0.15, 0.2) is 11.5 Å². The molecule has 0 radical (unpaired) electrons. The van der Waals surface area contributed by atoms with Crippen LogP contribution in [0.3, 0.4) is 0 Å². The number of ether oxygens (including phenoxy) is 2. The van der Waals surface area contributed by atoms with E-state index in [1.54, 1.807) is 14.2 Å². The number of hydrogen-bond donors (Lipinski definition) is 2. The van der Waals surface area contributed by atoms with E-state index in [1.807, 2.05) is 37.3 Å². The smallest absolute Gasteiger partial charge is 0.162 e. The summed E-state index contributed by atoms with van der Waals surface area (Å²) in [6.07, 6.45) is 1.52. The minimum Gasteiger partial charge on any atom is -0.493 e. The van der Waals surface area contributed by atoms with Crippen LogP contribution in [0.25, 0.3) is 21.8 Å². The fraction of sp³-hybridized carbons (Fsp3) is 0.167. The molecule has 2 heterocycles. The molecule has 0 saturated heterocycles. The standard InChI is InChI=1S/C18H17N5O2.ClH/c1-10-12-5-4-11(6-15(12)23-22-10)21-18-13-7-16(24-2)17(25-3)8-14(13)19-9-20-18;/h4-9H,1-3H3,(H,22,23)(H,19,20,21);1H. The molecule has 0 atom stereocenters. The molecule has 7 nitrogen and oxygen atoms in total. The Hall–Kier alpha value is -3.06. The summed E-state index contributed by atoms with van der Waals surface area (Å²) >= 11 is 0. The minimum absolute atomic E-state index is 0. The lowest BCUT2D eigenvalue weighted by Crippen LogP contribution is -1.98. The van der Waals surface area contributed by atoms with Crippen molar-refractivity contribution in [3.8, 4) is 11.5 Å². The Balaban J connectivity index is 0.00000196. The Labute approximate surface area is 156 Å². The van der Waals surface area contributed by atoms with Crippen LogP contribution in [0.15, 0.2) is 36.7 Å². The average molecular weight is 372 g/mol. The molecule has 26 heavy (non-hydrogen) atoms. The van der Waals surface area contributed by atoms with Gasteiger partial charge in [0.1, 0.15) is 12.1 Å². The highest BCUT2D eigenvalue weighted by atomic mass is 35.5. The number of aromatic amines is 1. The number of fused-ring (bicyclic) bond motifs is 2. The van der Waals surface area contributed by atoms with Gasteiger partial charge in [0.05, 0.1) is 25.3 Å². The van der Waals surface area contributed by atoms with Crippen LogP contribution < -0.4 is 14.8 Å². The maximum atomic E-state index is 5.39. The van der Waals surface area contributed by atoms with Crippen molar-refractivity contribution in [1.29, 1.82) is 0 Å². The van der Waals surface area contributed by atoms with Gasteiger partial charge < -0.3 is 14.8 Å². The van der Waals surface area contributed by atoms with Gasteiger partial charge in [-0.2, -0.15) is 5.10 Å². The summed E-state index contributed by atoms with van der Waals surface area (Å²) in [7, 11) is 3.21. The summed E-state index contributed by atoms with van der Waals surface area (Å²) < 4.78 is 10.7. The van der Waals surface area contributed by atoms with Gasteiger partial charge in [0.2, 0.25) is 0 Å². The van der Waals surface area contributed by atoms with E-state index in [-0.39, 0.29) is 12.4 Å². The normalized spacial score (nSPS) is 10.6. The van der Waals surface area contributed by atoms with Crippen molar-refractivity contribution in [2.24, 2.45) is 0 Å². The SMILES string of the molecule is COc1cc2ncnc(Nc3ccc4c(C)[nH]nc4c3)c2cc1OC.Cl. The summed E-state index contributed by atoms with van der Waals surface area (Å²) in [5.74, 6) is 1.96. The number of aromatic nitrogens is 4. The summed E-state index contributed by atoms with van der Waals surface area (Å²) in [6, 6.07) is 9.71. The van der Waals surface area contributed by atoms with E-state index in [0.717, 1.165) is 33.2 Å². The second kappa shape index (κ2) is 7.05. The molecule has 0 aliphatic rings. The second-order valence-corrected chi connectivity index (χ2v) is 5.65. The highest BCUT2D eigenvalue weighted by Crippen LogP contribution is 2.34. The van der Waals surface area contributed by atoms with Crippen LogP contribution in [0.2, 0.25) is 0 Å². The number of nitrogens with zero attached hydrogens (tertiary/aromatic N) is 3. The number of H-pyrrole nitrogens is 1. The van der Waals surface area contributed by atoms with Crippen LogP contribution in [0, 0.1) is 6.92 Å². The van der Waals surface area contributed by atoms with E-state index in [0.29, 0.717) is 17.3 Å². The van der Waals surface area contributed by atoms with Crippen LogP contribution in [-0.4, -0.2) is 34.4 Å². The predicted molar refractivity (Wildman–Crippen MR) is 104 cm³/mol. The molecule has 2 aromatic heterocycles. The number of rotatable bonds is 4. The number of benzene rings is 2. The van der Waals surface area contributed by atoms with Crippen LogP contribution in [0.1, 0.15) is 5.69 Å². The Morgan fingerprint density at radius 3 is 2.46 bits per heavy atom. The zero-order valence-electron chi connectivity index (χ0n) is 14.5. The Kier molecular flexibility index (Phi) is 4.81. The first-order valence-corrected chi connectivity index (χ1v) is 7.78. The molecule has 8 heteroatoms. The third-order valence-corrected chi connectivity index (χ3v) is 4.15. The average Bonchev–Trinajstić information content (AvgIpc) is 3.01. The minimum atomic E-state index is 0. The molecule has 4 rings (SSSR count). The molecular weight excluding hydrogens is 354 g/mol. The zero-order valence-corrected chi connectivity index (χ0v) is 15.3. The molecule has 0 spiro atoms. The van der Waals surface area contributed by atoms with Gasteiger partial charge in [-0.15, -0.1) is 12.4 Å². The van der Waals surface area contributed by atoms with Crippen molar-refractivity contribution >= 4 is 45.7 Å². The summed E-state index contributed by atoms with van der Waals surface area (Å²) in [5, 5.41) is 12.6. The van der Waals surface area contributed by atoms with E-state index >= 15 is 0 Å². The lowest BCUT2D eigenvalue weighted by atomic mass is 10.2.